The lowest BCUT2D eigenvalue weighted by Gasteiger charge is -2.12. The second kappa shape index (κ2) is 6.08. The van der Waals surface area contributed by atoms with Crippen LogP contribution in [0.5, 0.6) is 11.5 Å². The van der Waals surface area contributed by atoms with Crippen LogP contribution in [0.2, 0.25) is 5.02 Å². The number of hydrogen-bond donors (Lipinski definition) is 1. The first-order chi connectivity index (χ1) is 10.1. The average molecular weight is 302 g/mol. The van der Waals surface area contributed by atoms with Gasteiger partial charge in [-0.25, -0.2) is 0 Å². The van der Waals surface area contributed by atoms with Crippen LogP contribution in [0.25, 0.3) is 0 Å². The van der Waals surface area contributed by atoms with Crippen molar-refractivity contribution in [3.63, 3.8) is 0 Å². The molecule has 0 aromatic heterocycles. The van der Waals surface area contributed by atoms with Crippen molar-refractivity contribution in [3.8, 4) is 11.5 Å². The van der Waals surface area contributed by atoms with Crippen molar-refractivity contribution in [1.29, 1.82) is 0 Å². The third kappa shape index (κ3) is 3.78. The Kier molecular flexibility index (Phi) is 4.18. The number of benzene rings is 2. The molecule has 110 valence electrons. The van der Waals surface area contributed by atoms with Gasteiger partial charge in [0.1, 0.15) is 11.5 Å². The molecule has 0 amide bonds. The molecule has 1 saturated carbocycles. The van der Waals surface area contributed by atoms with E-state index in [1.807, 2.05) is 31.2 Å². The van der Waals surface area contributed by atoms with Crippen LogP contribution in [0.4, 0.5) is 0 Å². The van der Waals surface area contributed by atoms with Gasteiger partial charge < -0.3 is 10.1 Å². The highest BCUT2D eigenvalue weighted by molar-refractivity contribution is 6.32. The van der Waals surface area contributed by atoms with E-state index in [4.69, 9.17) is 16.3 Å². The Morgan fingerprint density at radius 2 is 1.90 bits per heavy atom. The molecule has 1 aliphatic rings. The topological polar surface area (TPSA) is 21.3 Å². The average Bonchev–Trinajstić information content (AvgIpc) is 3.27. The Bertz CT molecular complexity index is 650. The fraction of sp³-hybridized carbons (Fsp3) is 0.333. The molecule has 3 heteroatoms. The number of ether oxygens (including phenoxy) is 1. The minimum Gasteiger partial charge on any atom is -0.456 e. The van der Waals surface area contributed by atoms with Gasteiger partial charge in [0.25, 0.3) is 0 Å². The predicted molar refractivity (Wildman–Crippen MR) is 87.3 cm³/mol. The van der Waals surface area contributed by atoms with Gasteiger partial charge in [0.15, 0.2) is 0 Å². The van der Waals surface area contributed by atoms with E-state index in [9.17, 15) is 0 Å². The highest BCUT2D eigenvalue weighted by Crippen LogP contribution is 2.32. The van der Waals surface area contributed by atoms with Crippen LogP contribution in [0, 0.1) is 13.8 Å². The summed E-state index contributed by atoms with van der Waals surface area (Å²) in [7, 11) is 0. The van der Waals surface area contributed by atoms with E-state index in [0.717, 1.165) is 29.5 Å². The van der Waals surface area contributed by atoms with Gasteiger partial charge in [0.05, 0.1) is 5.02 Å². The molecule has 3 rings (SSSR count). The largest absolute Gasteiger partial charge is 0.456 e. The summed E-state index contributed by atoms with van der Waals surface area (Å²) in [6, 6.07) is 12.9. The summed E-state index contributed by atoms with van der Waals surface area (Å²) in [5.74, 6) is 1.57. The molecule has 0 spiro atoms. The summed E-state index contributed by atoms with van der Waals surface area (Å²) < 4.78 is 5.96. The number of aryl methyl sites for hydroxylation is 2. The van der Waals surface area contributed by atoms with E-state index in [1.54, 1.807) is 0 Å². The summed E-state index contributed by atoms with van der Waals surface area (Å²) in [5.41, 5.74) is 3.56. The lowest BCUT2D eigenvalue weighted by atomic mass is 10.1. The molecule has 1 aliphatic carbocycles. The van der Waals surface area contributed by atoms with Crippen LogP contribution >= 0.6 is 11.6 Å². The fourth-order valence-electron chi connectivity index (χ4n) is 2.29. The van der Waals surface area contributed by atoms with Crippen molar-refractivity contribution >= 4 is 11.6 Å². The Labute approximate surface area is 131 Å². The maximum atomic E-state index is 6.19. The first-order valence-corrected chi connectivity index (χ1v) is 7.76. The lowest BCUT2D eigenvalue weighted by molar-refractivity contribution is 0.478. The quantitative estimate of drug-likeness (QED) is 0.839. The monoisotopic (exact) mass is 301 g/mol. The number of halogens is 1. The van der Waals surface area contributed by atoms with E-state index in [1.165, 1.54) is 18.4 Å². The van der Waals surface area contributed by atoms with Crippen molar-refractivity contribution in [1.82, 2.24) is 5.32 Å². The molecule has 0 radical (unpaired) electrons. The molecule has 0 bridgehead atoms. The molecule has 1 N–H and O–H groups in total. The normalized spacial score (nSPS) is 14.2. The van der Waals surface area contributed by atoms with Crippen LogP contribution in [-0.4, -0.2) is 6.04 Å². The third-order valence-electron chi connectivity index (χ3n) is 3.72. The molecule has 2 nitrogen and oxygen atoms in total. The van der Waals surface area contributed by atoms with Gasteiger partial charge in [-0.3, -0.25) is 0 Å². The van der Waals surface area contributed by atoms with E-state index in [0.29, 0.717) is 10.8 Å². The molecular formula is C18H20ClNO. The zero-order valence-electron chi connectivity index (χ0n) is 12.4. The van der Waals surface area contributed by atoms with E-state index in [2.05, 4.69) is 24.4 Å². The number of hydrogen-bond acceptors (Lipinski definition) is 2. The van der Waals surface area contributed by atoms with Crippen molar-refractivity contribution in [2.45, 2.75) is 39.3 Å². The third-order valence-corrected chi connectivity index (χ3v) is 4.03. The summed E-state index contributed by atoms with van der Waals surface area (Å²) in [4.78, 5) is 0. The standard InChI is InChI=1S/C18H20ClNO/c1-12-3-7-16(19)18(9-12)21-17-8-4-14(10-13(17)2)11-20-15-5-6-15/h3-4,7-10,15,20H,5-6,11H2,1-2H3. The summed E-state index contributed by atoms with van der Waals surface area (Å²) in [6.07, 6.45) is 2.62. The Morgan fingerprint density at radius 3 is 2.62 bits per heavy atom. The summed E-state index contributed by atoms with van der Waals surface area (Å²) in [5, 5.41) is 4.16. The maximum absolute atomic E-state index is 6.19. The van der Waals surface area contributed by atoms with Gasteiger partial charge in [0, 0.05) is 12.6 Å². The molecule has 2 aromatic carbocycles. The molecular weight excluding hydrogens is 282 g/mol. The molecule has 2 aromatic rings. The van der Waals surface area contributed by atoms with Gasteiger partial charge in [0.2, 0.25) is 0 Å². The Hall–Kier alpha value is -1.51. The molecule has 0 aliphatic heterocycles. The molecule has 21 heavy (non-hydrogen) atoms. The molecule has 0 saturated heterocycles. The highest BCUT2D eigenvalue weighted by Gasteiger charge is 2.20. The second-order valence-corrected chi connectivity index (χ2v) is 6.20. The van der Waals surface area contributed by atoms with E-state index < -0.39 is 0 Å². The van der Waals surface area contributed by atoms with Gasteiger partial charge >= 0.3 is 0 Å². The van der Waals surface area contributed by atoms with Crippen LogP contribution in [-0.2, 0) is 6.54 Å². The van der Waals surface area contributed by atoms with Crippen molar-refractivity contribution in [3.05, 3.63) is 58.1 Å². The minimum atomic E-state index is 0.638. The second-order valence-electron chi connectivity index (χ2n) is 5.79. The summed E-state index contributed by atoms with van der Waals surface area (Å²) in [6.45, 7) is 5.03. The van der Waals surface area contributed by atoms with Crippen LogP contribution in [0.1, 0.15) is 29.5 Å². The number of rotatable bonds is 5. The van der Waals surface area contributed by atoms with E-state index >= 15 is 0 Å². The number of nitrogens with one attached hydrogen (secondary N) is 1. The predicted octanol–water partition coefficient (Wildman–Crippen LogP) is 5.00. The van der Waals surface area contributed by atoms with Gasteiger partial charge in [-0.1, -0.05) is 29.8 Å². The van der Waals surface area contributed by atoms with Crippen LogP contribution in [0.15, 0.2) is 36.4 Å². The van der Waals surface area contributed by atoms with Gasteiger partial charge in [-0.2, -0.15) is 0 Å². The van der Waals surface area contributed by atoms with Crippen LogP contribution in [0.3, 0.4) is 0 Å². The Morgan fingerprint density at radius 1 is 1.10 bits per heavy atom. The van der Waals surface area contributed by atoms with Crippen LogP contribution < -0.4 is 10.1 Å². The molecule has 0 atom stereocenters. The minimum absolute atomic E-state index is 0.638. The zero-order valence-corrected chi connectivity index (χ0v) is 13.2. The van der Waals surface area contributed by atoms with E-state index in [-0.39, 0.29) is 0 Å². The molecule has 0 unspecified atom stereocenters. The van der Waals surface area contributed by atoms with Gasteiger partial charge in [-0.05, 0) is 61.6 Å². The zero-order chi connectivity index (χ0) is 14.8. The molecule has 1 fully saturated rings. The fourth-order valence-corrected chi connectivity index (χ4v) is 2.45. The maximum Gasteiger partial charge on any atom is 0.146 e. The first kappa shape index (κ1) is 14.4. The highest BCUT2D eigenvalue weighted by atomic mass is 35.5. The van der Waals surface area contributed by atoms with Crippen molar-refractivity contribution < 1.29 is 4.74 Å². The van der Waals surface area contributed by atoms with Crippen molar-refractivity contribution in [2.75, 3.05) is 0 Å². The smallest absolute Gasteiger partial charge is 0.146 e. The van der Waals surface area contributed by atoms with Gasteiger partial charge in [-0.15, -0.1) is 0 Å². The molecule has 0 heterocycles. The SMILES string of the molecule is Cc1ccc(Cl)c(Oc2ccc(CNC3CC3)cc2C)c1. The van der Waals surface area contributed by atoms with Crippen molar-refractivity contribution in [2.24, 2.45) is 0 Å². The summed E-state index contributed by atoms with van der Waals surface area (Å²) >= 11 is 6.19. The lowest BCUT2D eigenvalue weighted by Crippen LogP contribution is -2.15. The Balaban J connectivity index is 1.74. The first-order valence-electron chi connectivity index (χ1n) is 7.39.